The highest BCUT2D eigenvalue weighted by Crippen LogP contribution is 2.37. The highest BCUT2D eigenvalue weighted by Gasteiger charge is 2.42. The molecule has 0 spiro atoms. The van der Waals surface area contributed by atoms with Gasteiger partial charge in [0.2, 0.25) is 0 Å². The first kappa shape index (κ1) is 21.7. The molecule has 1 aliphatic rings. The molecule has 0 unspecified atom stereocenters. The summed E-state index contributed by atoms with van der Waals surface area (Å²) in [6.45, 7) is 4.93. The topological polar surface area (TPSA) is 49.9 Å². The van der Waals surface area contributed by atoms with Crippen LogP contribution in [-0.2, 0) is 9.59 Å². The highest BCUT2D eigenvalue weighted by molar-refractivity contribution is 6.46. The maximum absolute atomic E-state index is 13.7. The number of ether oxygens (including phenoxy) is 1. The Balaban J connectivity index is 1.87. The van der Waals surface area contributed by atoms with Crippen LogP contribution in [0.25, 0.3) is 5.57 Å². The van der Waals surface area contributed by atoms with Gasteiger partial charge in [0, 0.05) is 17.3 Å². The van der Waals surface area contributed by atoms with Crippen LogP contribution in [0.4, 0.5) is 11.4 Å². The summed E-state index contributed by atoms with van der Waals surface area (Å²) < 4.78 is 5.54. The summed E-state index contributed by atoms with van der Waals surface area (Å²) in [6.07, 6.45) is 0. The number of anilines is 2. The summed E-state index contributed by atoms with van der Waals surface area (Å²) in [6, 6.07) is 23.6. The maximum atomic E-state index is 13.7. The molecular weight excluding hydrogens is 424 g/mol. The number of rotatable bonds is 7. The van der Waals surface area contributed by atoms with Gasteiger partial charge >= 0.3 is 0 Å². The molecule has 162 valence electrons. The lowest BCUT2D eigenvalue weighted by Crippen LogP contribution is -2.35. The quantitative estimate of drug-likeness (QED) is 0.446. The predicted octanol–water partition coefficient (Wildman–Crippen LogP) is 5.55. The zero-order chi connectivity index (χ0) is 22.7. The molecule has 5 nitrogen and oxygen atoms in total. The largest absolute Gasteiger partial charge is 0.494 e. The van der Waals surface area contributed by atoms with Crippen molar-refractivity contribution in [2.45, 2.75) is 13.8 Å². The lowest BCUT2D eigenvalue weighted by Gasteiger charge is -2.25. The molecule has 4 rings (SSSR count). The van der Waals surface area contributed by atoms with E-state index in [-0.39, 0.29) is 11.8 Å². The molecule has 32 heavy (non-hydrogen) atoms. The minimum Gasteiger partial charge on any atom is -0.494 e. The van der Waals surface area contributed by atoms with Crippen molar-refractivity contribution in [3.8, 4) is 5.75 Å². The van der Waals surface area contributed by atoms with E-state index >= 15 is 0 Å². The number of carbonyl (C=O) groups is 2. The van der Waals surface area contributed by atoms with Gasteiger partial charge in [0.25, 0.3) is 11.8 Å². The van der Waals surface area contributed by atoms with Gasteiger partial charge in [0.05, 0.1) is 17.9 Å². The smallest absolute Gasteiger partial charge is 0.282 e. The molecule has 1 heterocycles. The molecule has 1 aliphatic heterocycles. The van der Waals surface area contributed by atoms with E-state index in [4.69, 9.17) is 16.3 Å². The minimum absolute atomic E-state index is 0.341. The lowest BCUT2D eigenvalue weighted by molar-refractivity contribution is -0.120. The van der Waals surface area contributed by atoms with Crippen molar-refractivity contribution in [3.05, 3.63) is 95.1 Å². The Hall–Kier alpha value is -3.57. The van der Waals surface area contributed by atoms with Crippen LogP contribution in [0, 0.1) is 0 Å². The third-order valence-corrected chi connectivity index (χ3v) is 5.47. The number of para-hydroxylation sites is 1. The fraction of sp³-hybridized carbons (Fsp3) is 0.154. The standard InChI is InChI=1S/C26H23ClN2O3/c1-3-28(20-10-6-5-7-11-20)24-23(18-13-15-22(16-14-18)32-4-2)25(30)29(26(24)31)21-12-8-9-19(27)17-21/h5-17H,3-4H2,1-2H3. The van der Waals surface area contributed by atoms with Crippen LogP contribution in [0.5, 0.6) is 5.75 Å². The number of amides is 2. The zero-order valence-corrected chi connectivity index (χ0v) is 18.7. The van der Waals surface area contributed by atoms with Crippen LogP contribution in [0.3, 0.4) is 0 Å². The van der Waals surface area contributed by atoms with E-state index in [2.05, 4.69) is 0 Å². The van der Waals surface area contributed by atoms with Gasteiger partial charge in [0.1, 0.15) is 11.4 Å². The Bertz CT molecular complexity index is 1170. The molecule has 0 saturated heterocycles. The van der Waals surface area contributed by atoms with Crippen LogP contribution in [0.15, 0.2) is 84.6 Å². The van der Waals surface area contributed by atoms with Crippen molar-refractivity contribution in [2.75, 3.05) is 23.0 Å². The van der Waals surface area contributed by atoms with E-state index in [0.29, 0.717) is 46.4 Å². The zero-order valence-electron chi connectivity index (χ0n) is 17.9. The summed E-state index contributed by atoms with van der Waals surface area (Å²) in [4.78, 5) is 30.4. The summed E-state index contributed by atoms with van der Waals surface area (Å²) in [5.41, 5.74) is 2.62. The van der Waals surface area contributed by atoms with Crippen molar-refractivity contribution < 1.29 is 14.3 Å². The summed E-state index contributed by atoms with van der Waals surface area (Å²) in [5, 5.41) is 0.453. The Morgan fingerprint density at radius 1 is 0.875 bits per heavy atom. The molecule has 0 radical (unpaired) electrons. The van der Waals surface area contributed by atoms with E-state index in [0.717, 1.165) is 5.69 Å². The molecule has 0 N–H and O–H groups in total. The number of carbonyl (C=O) groups excluding carboxylic acids is 2. The Kier molecular flexibility index (Phi) is 6.28. The lowest BCUT2D eigenvalue weighted by atomic mass is 10.0. The van der Waals surface area contributed by atoms with Gasteiger partial charge in [-0.25, -0.2) is 4.90 Å². The predicted molar refractivity (Wildman–Crippen MR) is 128 cm³/mol. The number of benzene rings is 3. The van der Waals surface area contributed by atoms with Crippen molar-refractivity contribution >= 4 is 40.4 Å². The first-order valence-corrected chi connectivity index (χ1v) is 10.9. The van der Waals surface area contributed by atoms with Crippen LogP contribution >= 0.6 is 11.6 Å². The second-order valence-corrected chi connectivity index (χ2v) is 7.62. The van der Waals surface area contributed by atoms with E-state index in [1.54, 1.807) is 24.3 Å². The average molecular weight is 447 g/mol. The molecule has 0 aliphatic carbocycles. The van der Waals surface area contributed by atoms with E-state index in [1.165, 1.54) is 4.90 Å². The fourth-order valence-corrected chi connectivity index (χ4v) is 4.03. The van der Waals surface area contributed by atoms with Gasteiger partial charge in [-0.3, -0.25) is 9.59 Å². The van der Waals surface area contributed by atoms with E-state index < -0.39 is 0 Å². The van der Waals surface area contributed by atoms with Crippen molar-refractivity contribution in [3.63, 3.8) is 0 Å². The number of imide groups is 1. The summed E-state index contributed by atoms with van der Waals surface area (Å²) in [7, 11) is 0. The van der Waals surface area contributed by atoms with Gasteiger partial charge in [-0.1, -0.05) is 48.0 Å². The molecule has 0 bridgehead atoms. The summed E-state index contributed by atoms with van der Waals surface area (Å²) >= 11 is 6.15. The number of halogens is 1. The summed E-state index contributed by atoms with van der Waals surface area (Å²) in [5.74, 6) is -0.0602. The normalized spacial score (nSPS) is 13.7. The first-order valence-electron chi connectivity index (χ1n) is 10.5. The van der Waals surface area contributed by atoms with Crippen molar-refractivity contribution in [1.29, 1.82) is 0 Å². The molecule has 0 atom stereocenters. The molecule has 0 aromatic heterocycles. The van der Waals surface area contributed by atoms with Crippen molar-refractivity contribution in [1.82, 2.24) is 0 Å². The van der Waals surface area contributed by atoms with Gasteiger partial charge in [-0.2, -0.15) is 0 Å². The third-order valence-electron chi connectivity index (χ3n) is 5.23. The van der Waals surface area contributed by atoms with Crippen LogP contribution in [-0.4, -0.2) is 25.0 Å². The molecule has 0 fully saturated rings. The fourth-order valence-electron chi connectivity index (χ4n) is 3.84. The number of nitrogens with zero attached hydrogens (tertiary/aromatic N) is 2. The second-order valence-electron chi connectivity index (χ2n) is 7.19. The number of likely N-dealkylation sites (N-methyl/N-ethyl adjacent to an activating group) is 1. The molecule has 6 heteroatoms. The SMILES string of the molecule is CCOc1ccc(C2=C(N(CC)c3ccccc3)C(=O)N(c3cccc(Cl)c3)C2=O)cc1. The molecule has 0 saturated carbocycles. The van der Waals surface area contributed by atoms with E-state index in [1.807, 2.05) is 73.3 Å². The average Bonchev–Trinajstić information content (AvgIpc) is 3.06. The maximum Gasteiger partial charge on any atom is 0.282 e. The van der Waals surface area contributed by atoms with Crippen molar-refractivity contribution in [2.24, 2.45) is 0 Å². The highest BCUT2D eigenvalue weighted by atomic mass is 35.5. The first-order chi connectivity index (χ1) is 15.5. The third kappa shape index (κ3) is 3.99. The molecule has 3 aromatic carbocycles. The Morgan fingerprint density at radius 3 is 2.22 bits per heavy atom. The Labute approximate surface area is 192 Å². The Morgan fingerprint density at radius 2 is 1.59 bits per heavy atom. The molecule has 3 aromatic rings. The van der Waals surface area contributed by atoms with Crippen LogP contribution in [0.2, 0.25) is 5.02 Å². The van der Waals surface area contributed by atoms with Crippen LogP contribution in [0.1, 0.15) is 19.4 Å². The molecule has 2 amide bonds. The van der Waals surface area contributed by atoms with Gasteiger partial charge in [0.15, 0.2) is 0 Å². The van der Waals surface area contributed by atoms with Gasteiger partial charge in [-0.05, 0) is 61.9 Å². The van der Waals surface area contributed by atoms with E-state index in [9.17, 15) is 9.59 Å². The van der Waals surface area contributed by atoms with Crippen LogP contribution < -0.4 is 14.5 Å². The number of hydrogen-bond acceptors (Lipinski definition) is 4. The van der Waals surface area contributed by atoms with Gasteiger partial charge < -0.3 is 9.64 Å². The number of hydrogen-bond donors (Lipinski definition) is 0. The van der Waals surface area contributed by atoms with Gasteiger partial charge in [-0.15, -0.1) is 0 Å². The monoisotopic (exact) mass is 446 g/mol. The molecular formula is C26H23ClN2O3. The second kappa shape index (κ2) is 9.28. The minimum atomic E-state index is -0.384.